The van der Waals surface area contributed by atoms with Crippen molar-refractivity contribution in [2.75, 3.05) is 0 Å². The van der Waals surface area contributed by atoms with Gasteiger partial charge in [-0.3, -0.25) is 0 Å². The van der Waals surface area contributed by atoms with Crippen molar-refractivity contribution >= 4 is 31.5 Å². The highest BCUT2D eigenvalue weighted by Gasteiger charge is 2.19. The zero-order valence-electron chi connectivity index (χ0n) is 26.5. The minimum Gasteiger partial charge on any atom is -0.208 e. The summed E-state index contributed by atoms with van der Waals surface area (Å²) in [5, 5.41) is 2.36. The average molecular weight is 644 g/mol. The maximum absolute atomic E-state index is 5.09. The van der Waals surface area contributed by atoms with Crippen molar-refractivity contribution < 1.29 is 0 Å². The predicted octanol–water partition coefficient (Wildman–Crippen LogP) is 12.2. The number of thiophene rings is 1. The summed E-state index contributed by atoms with van der Waals surface area (Å²) in [7, 11) is 0. The molecule has 2 heterocycles. The Kier molecular flexibility index (Phi) is 7.34. The Labute approximate surface area is 288 Å². The summed E-state index contributed by atoms with van der Waals surface area (Å²) in [6.45, 7) is 0. The van der Waals surface area contributed by atoms with Crippen LogP contribution in [-0.2, 0) is 0 Å². The molecule has 49 heavy (non-hydrogen) atoms. The fourth-order valence-electron chi connectivity index (χ4n) is 6.57. The second-order valence-electron chi connectivity index (χ2n) is 12.0. The number of rotatable bonds is 6. The van der Waals surface area contributed by atoms with E-state index in [1.807, 2.05) is 72.0 Å². The summed E-state index contributed by atoms with van der Waals surface area (Å²) in [6, 6.07) is 61.7. The van der Waals surface area contributed by atoms with Crippen LogP contribution >= 0.6 is 11.3 Å². The van der Waals surface area contributed by atoms with Gasteiger partial charge in [0.15, 0.2) is 17.5 Å². The molecule has 0 unspecified atom stereocenters. The van der Waals surface area contributed by atoms with Crippen molar-refractivity contribution in [3.8, 4) is 67.5 Å². The van der Waals surface area contributed by atoms with Crippen LogP contribution in [-0.4, -0.2) is 15.0 Å². The Hall–Kier alpha value is -6.23. The Morgan fingerprint density at radius 2 is 0.776 bits per heavy atom. The van der Waals surface area contributed by atoms with Crippen LogP contribution in [0, 0.1) is 0 Å². The van der Waals surface area contributed by atoms with Gasteiger partial charge in [-0.25, -0.2) is 15.0 Å². The molecular weight excluding hydrogens is 615 g/mol. The third-order valence-corrected chi connectivity index (χ3v) is 10.1. The van der Waals surface area contributed by atoms with E-state index in [1.165, 1.54) is 48.2 Å². The van der Waals surface area contributed by atoms with Gasteiger partial charge >= 0.3 is 0 Å². The quantitative estimate of drug-likeness (QED) is 0.181. The molecular formula is C45H29N3S. The van der Waals surface area contributed by atoms with Crippen molar-refractivity contribution in [2.24, 2.45) is 0 Å². The highest BCUT2D eigenvalue weighted by molar-refractivity contribution is 7.26. The van der Waals surface area contributed by atoms with Gasteiger partial charge in [0.05, 0.1) is 0 Å². The molecule has 0 N–H and O–H groups in total. The number of fused-ring (bicyclic) bond motifs is 3. The fraction of sp³-hybridized carbons (Fsp3) is 0. The van der Waals surface area contributed by atoms with Gasteiger partial charge in [-0.15, -0.1) is 11.3 Å². The second kappa shape index (κ2) is 12.4. The van der Waals surface area contributed by atoms with Crippen LogP contribution in [0.5, 0.6) is 0 Å². The van der Waals surface area contributed by atoms with E-state index >= 15 is 0 Å². The normalized spacial score (nSPS) is 11.3. The SMILES string of the molecule is c1ccc(-c2cc(-c3ccccc3)cc(-c3cccc4c3sc3cccc(-c5nc(-c6ccccc6)nc(-c6ccccc6)n5)c34)c2)cc1. The van der Waals surface area contributed by atoms with E-state index in [1.54, 1.807) is 0 Å². The van der Waals surface area contributed by atoms with Gasteiger partial charge in [-0.2, -0.15) is 0 Å². The van der Waals surface area contributed by atoms with Crippen molar-refractivity contribution in [3.63, 3.8) is 0 Å². The van der Waals surface area contributed by atoms with Gasteiger partial charge in [0.2, 0.25) is 0 Å². The largest absolute Gasteiger partial charge is 0.208 e. The van der Waals surface area contributed by atoms with Crippen molar-refractivity contribution in [2.45, 2.75) is 0 Å². The molecule has 0 bridgehead atoms. The first-order valence-corrected chi connectivity index (χ1v) is 17.2. The molecule has 7 aromatic carbocycles. The maximum Gasteiger partial charge on any atom is 0.164 e. The summed E-state index contributed by atoms with van der Waals surface area (Å²) in [5.41, 5.74) is 10.1. The number of benzene rings is 7. The average Bonchev–Trinajstić information content (AvgIpc) is 3.58. The van der Waals surface area contributed by atoms with Crippen molar-refractivity contribution in [1.29, 1.82) is 0 Å². The lowest BCUT2D eigenvalue weighted by Gasteiger charge is -2.12. The summed E-state index contributed by atoms with van der Waals surface area (Å²) in [4.78, 5) is 15.1. The van der Waals surface area contributed by atoms with Crippen molar-refractivity contribution in [3.05, 3.63) is 176 Å². The Bertz CT molecular complexity index is 2460. The smallest absolute Gasteiger partial charge is 0.164 e. The molecule has 4 heteroatoms. The molecule has 230 valence electrons. The lowest BCUT2D eigenvalue weighted by Crippen LogP contribution is -2.00. The standard InChI is InChI=1S/C45H29N3S/c1-5-15-30(16-6-1)34-27-35(31-17-7-2-8-18-31)29-36(28-34)37-23-13-24-38-41-39(25-14-26-40(41)49-42(37)38)45-47-43(32-19-9-3-10-20-32)46-44(48-45)33-21-11-4-12-22-33/h1-29H. The van der Waals surface area contributed by atoms with E-state index in [-0.39, 0.29) is 0 Å². The van der Waals surface area contributed by atoms with Crippen LogP contribution in [0.15, 0.2) is 176 Å². The van der Waals surface area contributed by atoms with Gasteiger partial charge < -0.3 is 0 Å². The number of aromatic nitrogens is 3. The molecule has 0 saturated heterocycles. The van der Waals surface area contributed by atoms with E-state index in [4.69, 9.17) is 15.0 Å². The number of nitrogens with zero attached hydrogens (tertiary/aromatic N) is 3. The van der Waals surface area contributed by atoms with Crippen LogP contribution in [0.2, 0.25) is 0 Å². The van der Waals surface area contributed by atoms with E-state index < -0.39 is 0 Å². The lowest BCUT2D eigenvalue weighted by atomic mass is 9.92. The van der Waals surface area contributed by atoms with E-state index in [2.05, 4.69) is 115 Å². The number of hydrogen-bond acceptors (Lipinski definition) is 4. The molecule has 0 aliphatic rings. The Balaban J connectivity index is 1.26. The topological polar surface area (TPSA) is 38.7 Å². The Morgan fingerprint density at radius 1 is 0.327 bits per heavy atom. The molecule has 0 saturated carbocycles. The number of hydrogen-bond donors (Lipinski definition) is 0. The molecule has 0 radical (unpaired) electrons. The van der Waals surface area contributed by atoms with Gasteiger partial charge in [-0.1, -0.05) is 152 Å². The van der Waals surface area contributed by atoms with Crippen LogP contribution in [0.25, 0.3) is 87.7 Å². The van der Waals surface area contributed by atoms with Gasteiger partial charge in [0, 0.05) is 36.9 Å². The van der Waals surface area contributed by atoms with E-state index in [0.717, 1.165) is 22.1 Å². The van der Waals surface area contributed by atoms with E-state index in [9.17, 15) is 0 Å². The first-order valence-electron chi connectivity index (χ1n) is 16.4. The zero-order valence-corrected chi connectivity index (χ0v) is 27.3. The molecule has 0 aliphatic carbocycles. The first-order chi connectivity index (χ1) is 24.3. The molecule has 9 aromatic rings. The first kappa shape index (κ1) is 29.0. The van der Waals surface area contributed by atoms with E-state index in [0.29, 0.717) is 17.5 Å². The lowest BCUT2D eigenvalue weighted by molar-refractivity contribution is 1.08. The summed E-state index contributed by atoms with van der Waals surface area (Å²) < 4.78 is 2.44. The minimum absolute atomic E-state index is 0.660. The molecule has 3 nitrogen and oxygen atoms in total. The summed E-state index contributed by atoms with van der Waals surface area (Å²) in [6.07, 6.45) is 0. The molecule has 0 fully saturated rings. The fourth-order valence-corrected chi connectivity index (χ4v) is 7.83. The molecule has 2 aromatic heterocycles. The molecule has 0 atom stereocenters. The minimum atomic E-state index is 0.660. The van der Waals surface area contributed by atoms with Crippen LogP contribution in [0.4, 0.5) is 0 Å². The van der Waals surface area contributed by atoms with Crippen LogP contribution < -0.4 is 0 Å². The van der Waals surface area contributed by atoms with Gasteiger partial charge in [0.1, 0.15) is 0 Å². The molecule has 0 aliphatic heterocycles. The van der Waals surface area contributed by atoms with Crippen LogP contribution in [0.3, 0.4) is 0 Å². The third kappa shape index (κ3) is 5.48. The highest BCUT2D eigenvalue weighted by atomic mass is 32.1. The summed E-state index contributed by atoms with van der Waals surface area (Å²) >= 11 is 1.83. The monoisotopic (exact) mass is 643 g/mol. The maximum atomic E-state index is 5.09. The zero-order chi connectivity index (χ0) is 32.6. The van der Waals surface area contributed by atoms with Gasteiger partial charge in [-0.05, 0) is 57.6 Å². The molecule has 9 rings (SSSR count). The Morgan fingerprint density at radius 3 is 1.33 bits per heavy atom. The highest BCUT2D eigenvalue weighted by Crippen LogP contribution is 2.45. The predicted molar refractivity (Wildman–Crippen MR) is 205 cm³/mol. The second-order valence-corrected chi connectivity index (χ2v) is 13.1. The van der Waals surface area contributed by atoms with Crippen LogP contribution in [0.1, 0.15) is 0 Å². The molecule has 0 spiro atoms. The third-order valence-electron chi connectivity index (χ3n) is 8.92. The molecule has 0 amide bonds. The summed E-state index contributed by atoms with van der Waals surface area (Å²) in [5.74, 6) is 1.99. The van der Waals surface area contributed by atoms with Crippen molar-refractivity contribution in [1.82, 2.24) is 15.0 Å². The van der Waals surface area contributed by atoms with Gasteiger partial charge in [0.25, 0.3) is 0 Å².